The Kier molecular flexibility index (Phi) is 2.92. The molecule has 84 valence electrons. The van der Waals surface area contributed by atoms with Gasteiger partial charge in [-0.15, -0.1) is 0 Å². The van der Waals surface area contributed by atoms with Crippen molar-refractivity contribution in [3.8, 4) is 0 Å². The van der Waals surface area contributed by atoms with E-state index in [1.807, 2.05) is 17.5 Å². The van der Waals surface area contributed by atoms with Crippen molar-refractivity contribution >= 4 is 35.2 Å². The highest BCUT2D eigenvalue weighted by atomic mass is 32.2. The lowest BCUT2D eigenvalue weighted by Crippen LogP contribution is -2.47. The Hall–Kier alpha value is -0.330. The second-order valence-electron chi connectivity index (χ2n) is 3.64. The first kappa shape index (κ1) is 11.2. The van der Waals surface area contributed by atoms with Crippen molar-refractivity contribution in [2.24, 2.45) is 0 Å². The standard InChI is InChI=1S/C9H14N2O2S2/c1-3-10-7(12)9(4-5-13-6-9)11(15-2)8(10)14/h3-6H2,1-2H3. The quantitative estimate of drug-likeness (QED) is 0.533. The van der Waals surface area contributed by atoms with Gasteiger partial charge in [-0.1, -0.05) is 11.9 Å². The van der Waals surface area contributed by atoms with E-state index in [0.29, 0.717) is 24.9 Å². The lowest BCUT2D eigenvalue weighted by Gasteiger charge is -2.28. The molecule has 2 aliphatic rings. The van der Waals surface area contributed by atoms with E-state index in [1.165, 1.54) is 11.9 Å². The first-order valence-corrected chi connectivity index (χ1v) is 6.54. The highest BCUT2D eigenvalue weighted by Crippen LogP contribution is 2.39. The maximum Gasteiger partial charge on any atom is 0.258 e. The molecule has 6 heteroatoms. The van der Waals surface area contributed by atoms with Crippen LogP contribution in [0, 0.1) is 0 Å². The largest absolute Gasteiger partial charge is 0.378 e. The summed E-state index contributed by atoms with van der Waals surface area (Å²) in [6, 6.07) is 0. The van der Waals surface area contributed by atoms with Crippen LogP contribution in [0.5, 0.6) is 0 Å². The van der Waals surface area contributed by atoms with Gasteiger partial charge in [-0.25, -0.2) is 0 Å². The summed E-state index contributed by atoms with van der Waals surface area (Å²) in [6.07, 6.45) is 2.68. The van der Waals surface area contributed by atoms with Crippen molar-refractivity contribution in [2.75, 3.05) is 26.0 Å². The summed E-state index contributed by atoms with van der Waals surface area (Å²) in [5, 5.41) is 0.625. The SMILES string of the molecule is CCN1C(=O)C2(CCOC2)N(SC)C1=S. The molecule has 1 spiro atoms. The van der Waals surface area contributed by atoms with Crippen LogP contribution in [0.15, 0.2) is 0 Å². The molecule has 2 aliphatic heterocycles. The predicted molar refractivity (Wildman–Crippen MR) is 63.5 cm³/mol. The average Bonchev–Trinajstić information content (AvgIpc) is 2.76. The zero-order valence-corrected chi connectivity index (χ0v) is 10.5. The van der Waals surface area contributed by atoms with Gasteiger partial charge in [0.2, 0.25) is 0 Å². The monoisotopic (exact) mass is 246 g/mol. The van der Waals surface area contributed by atoms with Crippen LogP contribution in [-0.4, -0.2) is 51.8 Å². The molecule has 0 aromatic heterocycles. The van der Waals surface area contributed by atoms with Gasteiger partial charge in [0, 0.05) is 25.8 Å². The van der Waals surface area contributed by atoms with Gasteiger partial charge in [0.05, 0.1) is 6.61 Å². The van der Waals surface area contributed by atoms with Gasteiger partial charge in [-0.3, -0.25) is 14.0 Å². The summed E-state index contributed by atoms with van der Waals surface area (Å²) in [7, 11) is 0. The van der Waals surface area contributed by atoms with E-state index < -0.39 is 5.54 Å². The van der Waals surface area contributed by atoms with Crippen molar-refractivity contribution < 1.29 is 9.53 Å². The summed E-state index contributed by atoms with van der Waals surface area (Å²) in [4.78, 5) is 13.9. The van der Waals surface area contributed by atoms with E-state index in [1.54, 1.807) is 4.90 Å². The number of hydrogen-bond acceptors (Lipinski definition) is 4. The zero-order chi connectivity index (χ0) is 11.1. The number of ether oxygens (including phenoxy) is 1. The third-order valence-electron chi connectivity index (χ3n) is 2.94. The molecule has 0 N–H and O–H groups in total. The van der Waals surface area contributed by atoms with Gasteiger partial charge in [-0.2, -0.15) is 0 Å². The molecule has 0 aromatic rings. The second kappa shape index (κ2) is 3.92. The molecular weight excluding hydrogens is 232 g/mol. The summed E-state index contributed by atoms with van der Waals surface area (Å²) >= 11 is 6.81. The van der Waals surface area contributed by atoms with Crippen LogP contribution in [0.25, 0.3) is 0 Å². The van der Waals surface area contributed by atoms with Crippen LogP contribution in [0.2, 0.25) is 0 Å². The maximum atomic E-state index is 12.2. The first-order chi connectivity index (χ1) is 7.17. The minimum Gasteiger partial charge on any atom is -0.378 e. The first-order valence-electron chi connectivity index (χ1n) is 4.95. The van der Waals surface area contributed by atoms with E-state index in [-0.39, 0.29) is 5.91 Å². The van der Waals surface area contributed by atoms with Crippen LogP contribution in [0.3, 0.4) is 0 Å². The number of likely N-dealkylation sites (N-methyl/N-ethyl adjacent to an activating group) is 1. The number of rotatable bonds is 2. The zero-order valence-electron chi connectivity index (χ0n) is 8.86. The Morgan fingerprint density at radius 2 is 2.40 bits per heavy atom. The van der Waals surface area contributed by atoms with Gasteiger partial charge in [-0.05, 0) is 19.1 Å². The Bertz CT molecular complexity index is 302. The Labute approximate surface area is 99.1 Å². The van der Waals surface area contributed by atoms with Gasteiger partial charge >= 0.3 is 0 Å². The maximum absolute atomic E-state index is 12.2. The molecule has 0 bridgehead atoms. The van der Waals surface area contributed by atoms with Gasteiger partial charge in [0.15, 0.2) is 10.7 Å². The molecule has 2 saturated heterocycles. The molecule has 1 amide bonds. The third-order valence-corrected chi connectivity index (χ3v) is 4.34. The lowest BCUT2D eigenvalue weighted by molar-refractivity contribution is -0.131. The lowest BCUT2D eigenvalue weighted by atomic mass is 9.99. The smallest absolute Gasteiger partial charge is 0.258 e. The fourth-order valence-corrected chi connectivity index (χ4v) is 3.57. The molecule has 1 atom stereocenters. The van der Waals surface area contributed by atoms with E-state index >= 15 is 0 Å². The van der Waals surface area contributed by atoms with E-state index in [4.69, 9.17) is 17.0 Å². The molecule has 0 radical (unpaired) electrons. The van der Waals surface area contributed by atoms with E-state index in [9.17, 15) is 4.79 Å². The highest BCUT2D eigenvalue weighted by Gasteiger charge is 2.57. The molecule has 0 aromatic carbocycles. The van der Waals surface area contributed by atoms with Gasteiger partial charge in [0.1, 0.15) is 0 Å². The van der Waals surface area contributed by atoms with Crippen LogP contribution in [0.4, 0.5) is 0 Å². The number of amides is 1. The normalized spacial score (nSPS) is 31.1. The minimum absolute atomic E-state index is 0.0989. The van der Waals surface area contributed by atoms with Gasteiger partial charge < -0.3 is 4.74 Å². The third kappa shape index (κ3) is 1.38. The van der Waals surface area contributed by atoms with Gasteiger partial charge in [0.25, 0.3) is 5.91 Å². The number of hydrogen-bond donors (Lipinski definition) is 0. The number of carbonyl (C=O) groups excluding carboxylic acids is 1. The molecule has 2 heterocycles. The van der Waals surface area contributed by atoms with E-state index in [0.717, 1.165) is 6.42 Å². The van der Waals surface area contributed by atoms with Crippen LogP contribution >= 0.6 is 24.2 Å². The van der Waals surface area contributed by atoms with Crippen molar-refractivity contribution in [2.45, 2.75) is 18.9 Å². The molecule has 4 nitrogen and oxygen atoms in total. The molecule has 15 heavy (non-hydrogen) atoms. The molecule has 2 fully saturated rings. The predicted octanol–water partition coefficient (Wildman–Crippen LogP) is 0.873. The van der Waals surface area contributed by atoms with Crippen molar-refractivity contribution in [3.05, 3.63) is 0 Å². The summed E-state index contributed by atoms with van der Waals surface area (Å²) in [5.74, 6) is 0.0989. The Balaban J connectivity index is 2.37. The molecule has 1 unspecified atom stereocenters. The number of thiocarbonyl (C=S) groups is 1. The molecule has 2 rings (SSSR count). The number of nitrogens with zero attached hydrogens (tertiary/aromatic N) is 2. The van der Waals surface area contributed by atoms with Crippen LogP contribution in [-0.2, 0) is 9.53 Å². The second-order valence-corrected chi connectivity index (χ2v) is 4.74. The van der Waals surface area contributed by atoms with Crippen molar-refractivity contribution in [3.63, 3.8) is 0 Å². The Morgan fingerprint density at radius 3 is 2.87 bits per heavy atom. The minimum atomic E-state index is -0.521. The topological polar surface area (TPSA) is 32.8 Å². The van der Waals surface area contributed by atoms with Crippen LogP contribution in [0.1, 0.15) is 13.3 Å². The molecule has 0 aliphatic carbocycles. The van der Waals surface area contributed by atoms with Crippen LogP contribution < -0.4 is 0 Å². The summed E-state index contributed by atoms with van der Waals surface area (Å²) in [6.45, 7) is 3.68. The fraction of sp³-hybridized carbons (Fsp3) is 0.778. The fourth-order valence-electron chi connectivity index (χ4n) is 2.13. The molecular formula is C9H14N2O2S2. The summed E-state index contributed by atoms with van der Waals surface area (Å²) in [5.41, 5.74) is -0.521. The van der Waals surface area contributed by atoms with Crippen molar-refractivity contribution in [1.82, 2.24) is 9.21 Å². The molecule has 0 saturated carbocycles. The van der Waals surface area contributed by atoms with E-state index in [2.05, 4.69) is 0 Å². The number of carbonyl (C=O) groups is 1. The highest BCUT2D eigenvalue weighted by molar-refractivity contribution is 7.98. The average molecular weight is 246 g/mol. The summed E-state index contributed by atoms with van der Waals surface area (Å²) < 4.78 is 7.30. The Morgan fingerprint density at radius 1 is 1.67 bits per heavy atom. The van der Waals surface area contributed by atoms with Crippen molar-refractivity contribution in [1.29, 1.82) is 0 Å².